The lowest BCUT2D eigenvalue weighted by Gasteiger charge is -2.18. The van der Waals surface area contributed by atoms with Crippen molar-refractivity contribution in [3.8, 4) is 11.5 Å². The van der Waals surface area contributed by atoms with Gasteiger partial charge >= 0.3 is 0 Å². The molecule has 2 aliphatic rings. The molecule has 0 saturated carbocycles. The fraction of sp³-hybridized carbons (Fsp3) is 0.360. The monoisotopic (exact) mass is 408 g/mol. The molecule has 160 valence electrons. The third kappa shape index (κ3) is 7.39. The van der Waals surface area contributed by atoms with Gasteiger partial charge in [0.05, 0.1) is 6.04 Å². The molecule has 2 atom stereocenters. The van der Waals surface area contributed by atoms with Crippen molar-refractivity contribution < 1.29 is 14.3 Å². The van der Waals surface area contributed by atoms with Crippen LogP contribution in [0.4, 0.5) is 5.69 Å². The zero-order valence-electron chi connectivity index (χ0n) is 18.3. The molecule has 5 nitrogen and oxygen atoms in total. The first-order chi connectivity index (χ1) is 14.6. The number of carbonyl (C=O) groups is 1. The van der Waals surface area contributed by atoms with Gasteiger partial charge < -0.3 is 14.8 Å². The zero-order valence-corrected chi connectivity index (χ0v) is 18.3. The van der Waals surface area contributed by atoms with E-state index in [1.54, 1.807) is 31.2 Å². The Morgan fingerprint density at radius 3 is 2.70 bits per heavy atom. The molecule has 0 aromatic heterocycles. The van der Waals surface area contributed by atoms with Gasteiger partial charge in [-0.2, -0.15) is 0 Å². The van der Waals surface area contributed by atoms with Crippen LogP contribution in [0.25, 0.3) is 0 Å². The van der Waals surface area contributed by atoms with Gasteiger partial charge in [-0.1, -0.05) is 50.3 Å². The summed E-state index contributed by atoms with van der Waals surface area (Å²) in [5.41, 5.74) is 2.04. The SMILES string of the molecule is C/C=C/C(=O)Nc1ccc2c(c1)OCCO2.CC=NC(CC)C1=CC(C)C=CC=C1. The lowest BCUT2D eigenvalue weighted by atomic mass is 10.0. The summed E-state index contributed by atoms with van der Waals surface area (Å²) in [6.07, 6.45) is 17.0. The maximum Gasteiger partial charge on any atom is 0.248 e. The van der Waals surface area contributed by atoms with Crippen molar-refractivity contribution >= 4 is 17.8 Å². The number of benzene rings is 1. The second-order valence-corrected chi connectivity index (χ2v) is 6.95. The Balaban J connectivity index is 0.000000216. The Morgan fingerprint density at radius 1 is 1.23 bits per heavy atom. The number of carbonyl (C=O) groups excluding carboxylic acids is 1. The van der Waals surface area contributed by atoms with Gasteiger partial charge in [0.2, 0.25) is 5.91 Å². The van der Waals surface area contributed by atoms with E-state index >= 15 is 0 Å². The number of rotatable bonds is 5. The summed E-state index contributed by atoms with van der Waals surface area (Å²) in [5.74, 6) is 1.75. The van der Waals surface area contributed by atoms with Crippen molar-refractivity contribution in [2.45, 2.75) is 40.2 Å². The highest BCUT2D eigenvalue weighted by Crippen LogP contribution is 2.32. The zero-order chi connectivity index (χ0) is 21.8. The smallest absolute Gasteiger partial charge is 0.248 e. The van der Waals surface area contributed by atoms with Crippen LogP contribution < -0.4 is 14.8 Å². The fourth-order valence-electron chi connectivity index (χ4n) is 3.11. The normalized spacial score (nSPS) is 18.4. The van der Waals surface area contributed by atoms with E-state index in [1.165, 1.54) is 11.6 Å². The van der Waals surface area contributed by atoms with Crippen molar-refractivity contribution in [1.29, 1.82) is 0 Å². The minimum atomic E-state index is -0.154. The first-order valence-corrected chi connectivity index (χ1v) is 10.4. The van der Waals surface area contributed by atoms with Gasteiger partial charge in [-0.05, 0) is 56.2 Å². The van der Waals surface area contributed by atoms with Crippen molar-refractivity contribution in [1.82, 2.24) is 0 Å². The van der Waals surface area contributed by atoms with E-state index in [0.29, 0.717) is 36.6 Å². The van der Waals surface area contributed by atoms with Gasteiger partial charge in [-0.15, -0.1) is 0 Å². The van der Waals surface area contributed by atoms with Crippen LogP contribution >= 0.6 is 0 Å². The molecule has 1 heterocycles. The van der Waals surface area contributed by atoms with E-state index in [2.05, 4.69) is 54.5 Å². The predicted octanol–water partition coefficient (Wildman–Crippen LogP) is 5.52. The fourth-order valence-corrected chi connectivity index (χ4v) is 3.11. The number of nitrogens with one attached hydrogen (secondary N) is 1. The maximum atomic E-state index is 11.3. The topological polar surface area (TPSA) is 59.9 Å². The van der Waals surface area contributed by atoms with Crippen LogP contribution in [0, 0.1) is 5.92 Å². The number of hydrogen-bond acceptors (Lipinski definition) is 4. The van der Waals surface area contributed by atoms with Crippen molar-refractivity contribution in [2.24, 2.45) is 10.9 Å². The molecule has 1 aromatic rings. The van der Waals surface area contributed by atoms with Crippen LogP contribution in [0.5, 0.6) is 11.5 Å². The molecule has 1 aromatic carbocycles. The van der Waals surface area contributed by atoms with E-state index in [9.17, 15) is 4.79 Å². The Bertz CT molecular complexity index is 850. The van der Waals surface area contributed by atoms with Crippen molar-refractivity contribution in [2.75, 3.05) is 18.5 Å². The summed E-state index contributed by atoms with van der Waals surface area (Å²) in [4.78, 5) is 15.8. The Labute approximate surface area is 179 Å². The Hall–Kier alpha value is -3.08. The van der Waals surface area contributed by atoms with Crippen LogP contribution in [-0.2, 0) is 4.79 Å². The van der Waals surface area contributed by atoms with Gasteiger partial charge in [0.25, 0.3) is 0 Å². The molecule has 5 heteroatoms. The van der Waals surface area contributed by atoms with Crippen molar-refractivity contribution in [3.05, 3.63) is 66.3 Å². The molecule has 1 N–H and O–H groups in total. The molecular formula is C25H32N2O3. The second-order valence-electron chi connectivity index (χ2n) is 6.95. The number of anilines is 1. The average Bonchev–Trinajstić information content (AvgIpc) is 2.97. The number of allylic oxidation sites excluding steroid dienone is 5. The molecule has 1 aliphatic carbocycles. The summed E-state index contributed by atoms with van der Waals surface area (Å²) >= 11 is 0. The standard InChI is InChI=1S/C13H19N.C12H13NO3/c1-4-13(14-5-2)12-9-7-6-8-11(3)10-12;1-2-3-12(14)13-9-4-5-10-11(8-9)16-7-6-15-10/h5-11,13H,4H2,1-3H3;2-5,8H,6-7H2,1H3,(H,13,14)/b;3-2+. The minimum absolute atomic E-state index is 0.154. The Morgan fingerprint density at radius 2 is 2.00 bits per heavy atom. The van der Waals surface area contributed by atoms with E-state index in [-0.39, 0.29) is 5.91 Å². The summed E-state index contributed by atoms with van der Waals surface area (Å²) in [7, 11) is 0. The summed E-state index contributed by atoms with van der Waals surface area (Å²) in [6, 6.07) is 5.67. The lowest BCUT2D eigenvalue weighted by molar-refractivity contribution is -0.111. The van der Waals surface area contributed by atoms with Gasteiger partial charge in [-0.25, -0.2) is 0 Å². The second kappa shape index (κ2) is 12.5. The summed E-state index contributed by atoms with van der Waals surface area (Å²) < 4.78 is 10.8. The number of hydrogen-bond donors (Lipinski definition) is 1. The predicted molar refractivity (Wildman–Crippen MR) is 125 cm³/mol. The number of aliphatic imine (C=N–C) groups is 1. The van der Waals surface area contributed by atoms with Crippen LogP contribution in [0.2, 0.25) is 0 Å². The molecule has 2 unspecified atom stereocenters. The third-order valence-corrected chi connectivity index (χ3v) is 4.50. The molecule has 3 rings (SSSR count). The van der Waals surface area contributed by atoms with Crippen LogP contribution in [0.1, 0.15) is 34.1 Å². The summed E-state index contributed by atoms with van der Waals surface area (Å²) in [5, 5.41) is 2.73. The van der Waals surface area contributed by atoms with E-state index in [1.807, 2.05) is 13.1 Å². The molecular weight excluding hydrogens is 376 g/mol. The third-order valence-electron chi connectivity index (χ3n) is 4.50. The van der Waals surface area contributed by atoms with Gasteiger partial charge in [0, 0.05) is 11.8 Å². The van der Waals surface area contributed by atoms with Crippen LogP contribution in [-0.4, -0.2) is 31.4 Å². The average molecular weight is 409 g/mol. The number of ether oxygens (including phenoxy) is 2. The Kier molecular flexibility index (Phi) is 9.65. The van der Waals surface area contributed by atoms with Crippen LogP contribution in [0.3, 0.4) is 0 Å². The first-order valence-electron chi connectivity index (χ1n) is 10.4. The van der Waals surface area contributed by atoms with E-state index < -0.39 is 0 Å². The molecule has 0 radical (unpaired) electrons. The number of nitrogens with zero attached hydrogens (tertiary/aromatic N) is 1. The van der Waals surface area contributed by atoms with Gasteiger partial charge in [-0.3, -0.25) is 9.79 Å². The molecule has 30 heavy (non-hydrogen) atoms. The summed E-state index contributed by atoms with van der Waals surface area (Å²) in [6.45, 7) is 9.26. The van der Waals surface area contributed by atoms with E-state index in [0.717, 1.165) is 12.2 Å². The quantitative estimate of drug-likeness (QED) is 0.516. The van der Waals surface area contributed by atoms with Crippen LogP contribution in [0.15, 0.2) is 71.3 Å². The minimum Gasteiger partial charge on any atom is -0.486 e. The first kappa shape index (κ1) is 23.2. The molecule has 1 aliphatic heterocycles. The van der Waals surface area contributed by atoms with Gasteiger partial charge in [0.1, 0.15) is 13.2 Å². The largest absolute Gasteiger partial charge is 0.486 e. The highest BCUT2D eigenvalue weighted by molar-refractivity contribution is 5.99. The lowest BCUT2D eigenvalue weighted by Crippen LogP contribution is -2.16. The molecule has 1 amide bonds. The highest BCUT2D eigenvalue weighted by atomic mass is 16.6. The van der Waals surface area contributed by atoms with Crippen molar-refractivity contribution in [3.63, 3.8) is 0 Å². The van der Waals surface area contributed by atoms with Gasteiger partial charge in [0.15, 0.2) is 11.5 Å². The number of fused-ring (bicyclic) bond motifs is 1. The highest BCUT2D eigenvalue weighted by Gasteiger charge is 2.12. The molecule has 0 spiro atoms. The molecule has 0 saturated heterocycles. The molecule has 0 fully saturated rings. The van der Waals surface area contributed by atoms with E-state index in [4.69, 9.17) is 9.47 Å². The molecule has 0 bridgehead atoms. The number of amides is 1. The maximum absolute atomic E-state index is 11.3.